The molecule has 1 rings (SSSR count). The predicted octanol–water partition coefficient (Wildman–Crippen LogP) is 2.46. The summed E-state index contributed by atoms with van der Waals surface area (Å²) >= 11 is 3.81. The Morgan fingerprint density at radius 3 is 3.07 bits per heavy atom. The molecule has 82 valence electrons. The largest absolute Gasteiger partial charge is 0.365 e. The van der Waals surface area contributed by atoms with Gasteiger partial charge in [0.25, 0.3) is 0 Å². The summed E-state index contributed by atoms with van der Waals surface area (Å²) in [4.78, 5) is 4.48. The second kappa shape index (κ2) is 6.62. The summed E-state index contributed by atoms with van der Waals surface area (Å²) in [6, 6.07) is 0. The maximum atomic E-state index is 4.48. The van der Waals surface area contributed by atoms with Gasteiger partial charge in [-0.15, -0.1) is 0 Å². The Hall–Kier alpha value is 0.170. The summed E-state index contributed by atoms with van der Waals surface area (Å²) < 4.78 is 0. The first-order chi connectivity index (χ1) is 6.76. The van der Waals surface area contributed by atoms with E-state index in [0.717, 1.165) is 24.2 Å². The number of aliphatic imine (C=N–C) groups is 1. The minimum atomic E-state index is 0.716. The number of thioether (sulfide) groups is 2. The van der Waals surface area contributed by atoms with Crippen molar-refractivity contribution in [2.24, 2.45) is 10.9 Å². The molecule has 1 aliphatic rings. The van der Waals surface area contributed by atoms with E-state index >= 15 is 0 Å². The zero-order valence-corrected chi connectivity index (χ0v) is 10.9. The standard InChI is InChI=1S/C10H20N2S2/c1-4-9-6-12-10(14-9)11-5-8(2)7-13-3/h8-9H,4-7H2,1-3H3,(H,11,12). The first-order valence-corrected chi connectivity index (χ1v) is 7.47. The van der Waals surface area contributed by atoms with Crippen molar-refractivity contribution in [3.63, 3.8) is 0 Å². The van der Waals surface area contributed by atoms with Crippen LogP contribution in [0.5, 0.6) is 0 Å². The van der Waals surface area contributed by atoms with Gasteiger partial charge in [-0.2, -0.15) is 11.8 Å². The highest BCUT2D eigenvalue weighted by molar-refractivity contribution is 8.14. The molecule has 1 N–H and O–H groups in total. The molecule has 2 nitrogen and oxygen atoms in total. The van der Waals surface area contributed by atoms with E-state index in [-0.39, 0.29) is 0 Å². The van der Waals surface area contributed by atoms with Gasteiger partial charge in [-0.1, -0.05) is 25.6 Å². The van der Waals surface area contributed by atoms with Crippen LogP contribution in [0, 0.1) is 5.92 Å². The first-order valence-electron chi connectivity index (χ1n) is 5.20. The first kappa shape index (κ1) is 12.2. The van der Waals surface area contributed by atoms with Crippen LogP contribution in [0.15, 0.2) is 4.99 Å². The van der Waals surface area contributed by atoms with Gasteiger partial charge in [0.15, 0.2) is 5.17 Å². The summed E-state index contributed by atoms with van der Waals surface area (Å²) in [6.07, 6.45) is 3.38. The molecule has 0 aliphatic carbocycles. The van der Waals surface area contributed by atoms with E-state index in [2.05, 4.69) is 30.4 Å². The van der Waals surface area contributed by atoms with E-state index in [1.54, 1.807) is 0 Å². The Morgan fingerprint density at radius 1 is 1.71 bits per heavy atom. The topological polar surface area (TPSA) is 24.4 Å². The Labute approximate surface area is 95.7 Å². The fourth-order valence-electron chi connectivity index (χ4n) is 1.33. The molecule has 0 aromatic rings. The number of nitrogens with one attached hydrogen (secondary N) is 1. The predicted molar refractivity (Wildman–Crippen MR) is 69.5 cm³/mol. The van der Waals surface area contributed by atoms with Gasteiger partial charge in [-0.05, 0) is 24.3 Å². The smallest absolute Gasteiger partial charge is 0.156 e. The number of rotatable bonds is 5. The van der Waals surface area contributed by atoms with E-state index in [4.69, 9.17) is 0 Å². The molecule has 4 heteroatoms. The van der Waals surface area contributed by atoms with Gasteiger partial charge in [-0.3, -0.25) is 4.99 Å². The van der Waals surface area contributed by atoms with Crippen molar-refractivity contribution in [2.75, 3.05) is 25.1 Å². The van der Waals surface area contributed by atoms with Crippen LogP contribution in [0.2, 0.25) is 0 Å². The average Bonchev–Trinajstić information content (AvgIpc) is 2.63. The van der Waals surface area contributed by atoms with Gasteiger partial charge in [0.2, 0.25) is 0 Å². The van der Waals surface area contributed by atoms with Crippen molar-refractivity contribution in [1.82, 2.24) is 5.32 Å². The Kier molecular flexibility index (Phi) is 5.78. The molecule has 0 radical (unpaired) electrons. The maximum absolute atomic E-state index is 4.48. The van der Waals surface area contributed by atoms with Crippen molar-refractivity contribution >= 4 is 28.7 Å². The molecule has 0 saturated heterocycles. The molecule has 0 spiro atoms. The number of amidine groups is 1. The minimum absolute atomic E-state index is 0.716. The number of nitrogens with zero attached hydrogens (tertiary/aromatic N) is 1. The van der Waals surface area contributed by atoms with Crippen LogP contribution in [0.1, 0.15) is 20.3 Å². The molecule has 0 aromatic heterocycles. The van der Waals surface area contributed by atoms with Crippen LogP contribution >= 0.6 is 23.5 Å². The third-order valence-corrected chi connectivity index (χ3v) is 4.44. The highest BCUT2D eigenvalue weighted by atomic mass is 32.2. The Morgan fingerprint density at radius 2 is 2.50 bits per heavy atom. The lowest BCUT2D eigenvalue weighted by Crippen LogP contribution is -2.26. The lowest BCUT2D eigenvalue weighted by molar-refractivity contribution is 0.638. The molecule has 2 unspecified atom stereocenters. The third-order valence-electron chi connectivity index (χ3n) is 2.23. The van der Waals surface area contributed by atoms with Gasteiger partial charge in [0.05, 0.1) is 6.54 Å². The molecular formula is C10H20N2S2. The highest BCUT2D eigenvalue weighted by Gasteiger charge is 2.17. The van der Waals surface area contributed by atoms with E-state index in [0.29, 0.717) is 5.25 Å². The fraction of sp³-hybridized carbons (Fsp3) is 0.900. The van der Waals surface area contributed by atoms with Crippen LogP contribution in [0.4, 0.5) is 0 Å². The van der Waals surface area contributed by atoms with E-state index in [1.165, 1.54) is 12.2 Å². The molecule has 0 bridgehead atoms. The zero-order chi connectivity index (χ0) is 10.4. The minimum Gasteiger partial charge on any atom is -0.365 e. The quantitative estimate of drug-likeness (QED) is 0.788. The van der Waals surface area contributed by atoms with Gasteiger partial charge in [-0.25, -0.2) is 0 Å². The summed E-state index contributed by atoms with van der Waals surface area (Å²) in [5.41, 5.74) is 0. The normalized spacial score (nSPS) is 23.4. The molecule has 0 amide bonds. The van der Waals surface area contributed by atoms with E-state index < -0.39 is 0 Å². The van der Waals surface area contributed by atoms with Crippen molar-refractivity contribution < 1.29 is 0 Å². The monoisotopic (exact) mass is 232 g/mol. The molecule has 2 atom stereocenters. The Bertz CT molecular complexity index is 195. The van der Waals surface area contributed by atoms with Crippen molar-refractivity contribution in [2.45, 2.75) is 25.5 Å². The van der Waals surface area contributed by atoms with E-state index in [9.17, 15) is 0 Å². The van der Waals surface area contributed by atoms with Crippen molar-refractivity contribution in [1.29, 1.82) is 0 Å². The Balaban J connectivity index is 2.13. The molecule has 0 aromatic carbocycles. The lowest BCUT2D eigenvalue weighted by atomic mass is 10.2. The molecular weight excluding hydrogens is 212 g/mol. The van der Waals surface area contributed by atoms with Crippen LogP contribution in [0.3, 0.4) is 0 Å². The zero-order valence-electron chi connectivity index (χ0n) is 9.25. The second-order valence-electron chi connectivity index (χ2n) is 3.74. The molecule has 14 heavy (non-hydrogen) atoms. The molecule has 0 fully saturated rings. The van der Waals surface area contributed by atoms with Crippen LogP contribution in [0.25, 0.3) is 0 Å². The van der Waals surface area contributed by atoms with Crippen molar-refractivity contribution in [3.05, 3.63) is 0 Å². The molecule has 1 heterocycles. The number of hydrogen-bond acceptors (Lipinski definition) is 4. The second-order valence-corrected chi connectivity index (χ2v) is 5.94. The average molecular weight is 232 g/mol. The fourth-order valence-corrected chi connectivity index (χ4v) is 2.97. The van der Waals surface area contributed by atoms with Gasteiger partial charge in [0, 0.05) is 11.8 Å². The van der Waals surface area contributed by atoms with Gasteiger partial charge < -0.3 is 5.32 Å². The van der Waals surface area contributed by atoms with E-state index in [1.807, 2.05) is 23.5 Å². The van der Waals surface area contributed by atoms with Crippen LogP contribution in [-0.4, -0.2) is 35.5 Å². The van der Waals surface area contributed by atoms with Crippen LogP contribution < -0.4 is 5.32 Å². The van der Waals surface area contributed by atoms with Gasteiger partial charge in [0.1, 0.15) is 0 Å². The maximum Gasteiger partial charge on any atom is 0.156 e. The molecule has 1 aliphatic heterocycles. The summed E-state index contributed by atoms with van der Waals surface area (Å²) in [6.45, 7) is 6.57. The highest BCUT2D eigenvalue weighted by Crippen LogP contribution is 2.22. The summed E-state index contributed by atoms with van der Waals surface area (Å²) in [5.74, 6) is 1.95. The SMILES string of the molecule is CCC1CN=C(NCC(C)CSC)S1. The number of hydrogen-bond donors (Lipinski definition) is 1. The van der Waals surface area contributed by atoms with Gasteiger partial charge >= 0.3 is 0 Å². The lowest BCUT2D eigenvalue weighted by Gasteiger charge is -2.12. The third kappa shape index (κ3) is 4.13. The summed E-state index contributed by atoms with van der Waals surface area (Å²) in [7, 11) is 0. The van der Waals surface area contributed by atoms with Crippen LogP contribution in [-0.2, 0) is 0 Å². The molecule has 0 saturated carbocycles. The van der Waals surface area contributed by atoms with Crippen molar-refractivity contribution in [3.8, 4) is 0 Å². The summed E-state index contributed by atoms with van der Waals surface area (Å²) in [5, 5.41) is 5.30.